The predicted octanol–water partition coefficient (Wildman–Crippen LogP) is 3.74. The van der Waals surface area contributed by atoms with E-state index in [2.05, 4.69) is 5.16 Å². The number of hydrogen-bond acceptors (Lipinski definition) is 7. The number of β-lactam (4-membered cyclic amide) rings is 1. The van der Waals surface area contributed by atoms with Crippen molar-refractivity contribution >= 4 is 27.4 Å². The largest absolute Gasteiger partial charge is 0.455 e. The number of fused-ring (bicyclic) bond motifs is 1. The summed E-state index contributed by atoms with van der Waals surface area (Å²) in [5, 5.41) is 2.31. The molecule has 1 atom stereocenters. The average molecular weight is 515 g/mol. The molecular weight excluding hydrogens is 489 g/mol. The van der Waals surface area contributed by atoms with Crippen LogP contribution in [0.5, 0.6) is 0 Å². The van der Waals surface area contributed by atoms with E-state index in [1.807, 2.05) is 0 Å². The number of sulfone groups is 1. The van der Waals surface area contributed by atoms with Gasteiger partial charge in [-0.2, -0.15) is 13.2 Å². The Kier molecular flexibility index (Phi) is 6.91. The zero-order chi connectivity index (χ0) is 26.3. The van der Waals surface area contributed by atoms with Crippen LogP contribution in [0.25, 0.3) is 0 Å². The number of rotatable bonds is 5. The Labute approximate surface area is 201 Å². The number of oxime groups is 1. The Morgan fingerprint density at radius 3 is 2.46 bits per heavy atom. The van der Waals surface area contributed by atoms with E-state index in [0.29, 0.717) is 0 Å². The minimum Gasteiger partial charge on any atom is -0.455 e. The first kappa shape index (κ1) is 26.5. The normalized spacial score (nSPS) is 21.5. The van der Waals surface area contributed by atoms with Gasteiger partial charge in [-0.1, -0.05) is 23.4 Å². The number of carbonyl (C=O) groups excluding carboxylic acids is 2. The van der Waals surface area contributed by atoms with E-state index in [9.17, 15) is 31.2 Å². The van der Waals surface area contributed by atoms with Gasteiger partial charge in [-0.3, -0.25) is 9.69 Å². The first-order chi connectivity index (χ1) is 16.0. The molecule has 2 heterocycles. The van der Waals surface area contributed by atoms with Crippen molar-refractivity contribution in [1.82, 2.24) is 4.90 Å². The summed E-state index contributed by atoms with van der Waals surface area (Å²) >= 11 is 0. The van der Waals surface area contributed by atoms with E-state index in [4.69, 9.17) is 9.57 Å². The summed E-state index contributed by atoms with van der Waals surface area (Å²) in [5.41, 5.74) is -1.82. The maximum Gasteiger partial charge on any atom is 0.416 e. The highest BCUT2D eigenvalue weighted by Crippen LogP contribution is 2.40. The van der Waals surface area contributed by atoms with Gasteiger partial charge in [0.15, 0.2) is 15.2 Å². The van der Waals surface area contributed by atoms with Crippen LogP contribution in [-0.2, 0) is 41.8 Å². The number of allylic oxidation sites excluding steroid dienone is 1. The number of alkyl halides is 3. The van der Waals surface area contributed by atoms with Gasteiger partial charge in [0.1, 0.15) is 17.9 Å². The molecule has 0 N–H and O–H groups in total. The molecule has 2 aliphatic rings. The first-order valence-electron chi connectivity index (χ1n) is 10.5. The molecule has 1 aromatic carbocycles. The molecule has 1 amide bonds. The van der Waals surface area contributed by atoms with Crippen LogP contribution in [-0.4, -0.2) is 47.6 Å². The summed E-state index contributed by atoms with van der Waals surface area (Å²) in [4.78, 5) is 31.4. The average Bonchev–Trinajstić information content (AvgIpc) is 2.69. The molecule has 0 aliphatic carbocycles. The molecule has 0 radical (unpaired) electrons. The number of carbonyl (C=O) groups is 2. The fourth-order valence-electron chi connectivity index (χ4n) is 3.76. The molecule has 0 aromatic heterocycles. The maximum atomic E-state index is 13.1. The molecule has 35 heavy (non-hydrogen) atoms. The van der Waals surface area contributed by atoms with Gasteiger partial charge in [0.25, 0.3) is 5.91 Å². The molecule has 2 aliphatic heterocycles. The SMILES string of the molecule is CC1=C(C(=O)OC(C)(C)C)N2C(=O)/C(=C/C(C)=N/OCc3ccccc3C(F)(F)F)C2S(=O)(=O)C1. The monoisotopic (exact) mass is 514 g/mol. The van der Waals surface area contributed by atoms with Gasteiger partial charge in [-0.05, 0) is 52.3 Å². The molecule has 1 aromatic rings. The minimum atomic E-state index is -4.56. The lowest BCUT2D eigenvalue weighted by Crippen LogP contribution is -2.62. The Morgan fingerprint density at radius 2 is 1.86 bits per heavy atom. The molecule has 0 saturated carbocycles. The summed E-state index contributed by atoms with van der Waals surface area (Å²) in [6.07, 6.45) is -3.38. The molecule has 1 unspecified atom stereocenters. The molecule has 1 fully saturated rings. The van der Waals surface area contributed by atoms with Crippen LogP contribution in [0.3, 0.4) is 0 Å². The van der Waals surface area contributed by atoms with Gasteiger partial charge < -0.3 is 9.57 Å². The van der Waals surface area contributed by atoms with Crippen molar-refractivity contribution < 1.29 is 40.8 Å². The highest BCUT2D eigenvalue weighted by Gasteiger charge is 2.56. The maximum absolute atomic E-state index is 13.1. The third-order valence-electron chi connectivity index (χ3n) is 5.08. The van der Waals surface area contributed by atoms with Gasteiger partial charge in [0.2, 0.25) is 0 Å². The summed E-state index contributed by atoms with van der Waals surface area (Å²) < 4.78 is 70.2. The molecule has 12 heteroatoms. The summed E-state index contributed by atoms with van der Waals surface area (Å²) in [5.74, 6) is -1.95. The number of ether oxygens (including phenoxy) is 1. The topological polar surface area (TPSA) is 102 Å². The van der Waals surface area contributed by atoms with Crippen LogP contribution in [0.2, 0.25) is 0 Å². The Bertz CT molecular complexity index is 1260. The van der Waals surface area contributed by atoms with Crippen LogP contribution in [0.1, 0.15) is 45.7 Å². The molecular formula is C23H25F3N2O6S. The summed E-state index contributed by atoms with van der Waals surface area (Å²) in [6, 6.07) is 4.86. The standard InChI is InChI=1S/C23H25F3N2O6S/c1-13-12-35(31,32)20-16(19(29)28(20)18(13)21(30)34-22(3,4)5)10-14(2)27-33-11-15-8-6-7-9-17(15)23(24,25)26/h6-10,20H,11-12H2,1-5H3/b16-10-,27-14+. The molecule has 0 spiro atoms. The lowest BCUT2D eigenvalue weighted by molar-refractivity contribution is -0.155. The van der Waals surface area contributed by atoms with Crippen molar-refractivity contribution in [3.63, 3.8) is 0 Å². The van der Waals surface area contributed by atoms with Crippen molar-refractivity contribution in [3.8, 4) is 0 Å². The second kappa shape index (κ2) is 9.14. The number of amides is 1. The second-order valence-corrected chi connectivity index (χ2v) is 11.3. The van der Waals surface area contributed by atoms with Crippen molar-refractivity contribution in [3.05, 3.63) is 58.3 Å². The highest BCUT2D eigenvalue weighted by molar-refractivity contribution is 7.92. The van der Waals surface area contributed by atoms with Crippen molar-refractivity contribution in [2.45, 2.75) is 58.4 Å². The number of hydrogen-bond donors (Lipinski definition) is 0. The highest BCUT2D eigenvalue weighted by atomic mass is 32.2. The van der Waals surface area contributed by atoms with Gasteiger partial charge in [-0.25, -0.2) is 13.2 Å². The molecule has 3 rings (SSSR count). The molecule has 1 saturated heterocycles. The quantitative estimate of drug-likeness (QED) is 0.195. The summed E-state index contributed by atoms with van der Waals surface area (Å²) in [7, 11) is -3.85. The van der Waals surface area contributed by atoms with Crippen LogP contribution >= 0.6 is 0 Å². The number of halogens is 3. The lowest BCUT2D eigenvalue weighted by Gasteiger charge is -2.45. The first-order valence-corrected chi connectivity index (χ1v) is 12.3. The third-order valence-corrected chi connectivity index (χ3v) is 7.06. The van der Waals surface area contributed by atoms with Crippen LogP contribution in [0.4, 0.5) is 13.2 Å². The Balaban J connectivity index is 1.82. The molecule has 0 bridgehead atoms. The number of esters is 1. The van der Waals surface area contributed by atoms with Gasteiger partial charge in [0, 0.05) is 5.56 Å². The van der Waals surface area contributed by atoms with E-state index in [-0.39, 0.29) is 28.1 Å². The van der Waals surface area contributed by atoms with Crippen molar-refractivity contribution in [2.24, 2.45) is 5.16 Å². The Morgan fingerprint density at radius 1 is 1.23 bits per heavy atom. The molecule has 8 nitrogen and oxygen atoms in total. The fraction of sp³-hybridized carbons (Fsp3) is 0.435. The summed E-state index contributed by atoms with van der Waals surface area (Å²) in [6.45, 7) is 7.31. The van der Waals surface area contributed by atoms with Gasteiger partial charge in [-0.15, -0.1) is 0 Å². The fourth-order valence-corrected chi connectivity index (χ4v) is 5.74. The van der Waals surface area contributed by atoms with Crippen molar-refractivity contribution in [1.29, 1.82) is 0 Å². The van der Waals surface area contributed by atoms with Gasteiger partial charge in [0.05, 0.1) is 22.6 Å². The number of nitrogens with zero attached hydrogens (tertiary/aromatic N) is 2. The van der Waals surface area contributed by atoms with E-state index in [1.165, 1.54) is 38.1 Å². The zero-order valence-electron chi connectivity index (χ0n) is 19.8. The second-order valence-electron chi connectivity index (χ2n) is 9.23. The Hall–Kier alpha value is -3.15. The van der Waals surface area contributed by atoms with Crippen LogP contribution in [0, 0.1) is 0 Å². The zero-order valence-corrected chi connectivity index (χ0v) is 20.6. The van der Waals surface area contributed by atoms with Crippen molar-refractivity contribution in [2.75, 3.05) is 5.75 Å². The van der Waals surface area contributed by atoms with E-state index < -0.39 is 56.8 Å². The predicted molar refractivity (Wildman–Crippen MR) is 120 cm³/mol. The smallest absolute Gasteiger partial charge is 0.416 e. The van der Waals surface area contributed by atoms with Crippen LogP contribution < -0.4 is 0 Å². The van der Waals surface area contributed by atoms with E-state index in [0.717, 1.165) is 11.0 Å². The van der Waals surface area contributed by atoms with E-state index in [1.54, 1.807) is 20.8 Å². The van der Waals surface area contributed by atoms with Gasteiger partial charge >= 0.3 is 12.1 Å². The third kappa shape index (κ3) is 5.58. The van der Waals surface area contributed by atoms with E-state index >= 15 is 0 Å². The lowest BCUT2D eigenvalue weighted by atomic mass is 10.0. The van der Waals surface area contributed by atoms with Crippen LogP contribution in [0.15, 0.2) is 52.3 Å². The minimum absolute atomic E-state index is 0.0674. The number of benzene rings is 1. The molecule has 190 valence electrons.